The molecule has 106 valence electrons. The van der Waals surface area contributed by atoms with Gasteiger partial charge in [-0.2, -0.15) is 0 Å². The SMILES string of the molecule is CC(NCc1cnnn1C)c1ccc(NC(N)=O)cc1. The first kappa shape index (κ1) is 14.0. The summed E-state index contributed by atoms with van der Waals surface area (Å²) < 4.78 is 1.74. The molecule has 1 atom stereocenters. The van der Waals surface area contributed by atoms with Crippen LogP contribution in [0.1, 0.15) is 24.2 Å². The van der Waals surface area contributed by atoms with E-state index in [9.17, 15) is 4.79 Å². The van der Waals surface area contributed by atoms with Crippen LogP contribution in [0.25, 0.3) is 0 Å². The molecule has 4 N–H and O–H groups in total. The van der Waals surface area contributed by atoms with Crippen molar-refractivity contribution in [1.29, 1.82) is 0 Å². The number of carbonyl (C=O) groups excluding carboxylic acids is 1. The maximum atomic E-state index is 10.7. The second-order valence-electron chi connectivity index (χ2n) is 4.56. The molecule has 2 aromatic rings. The zero-order valence-electron chi connectivity index (χ0n) is 11.5. The molecule has 7 nitrogen and oxygen atoms in total. The predicted molar refractivity (Wildman–Crippen MR) is 75.9 cm³/mol. The Hall–Kier alpha value is -2.41. The van der Waals surface area contributed by atoms with E-state index >= 15 is 0 Å². The lowest BCUT2D eigenvalue weighted by Crippen LogP contribution is -2.20. The summed E-state index contributed by atoms with van der Waals surface area (Å²) in [6.07, 6.45) is 1.74. The Morgan fingerprint density at radius 2 is 2.10 bits per heavy atom. The zero-order valence-corrected chi connectivity index (χ0v) is 11.5. The van der Waals surface area contributed by atoms with Crippen LogP contribution in [0.3, 0.4) is 0 Å². The summed E-state index contributed by atoms with van der Waals surface area (Å²) in [5.74, 6) is 0. The van der Waals surface area contributed by atoms with Crippen LogP contribution in [0.4, 0.5) is 10.5 Å². The summed E-state index contributed by atoms with van der Waals surface area (Å²) in [6.45, 7) is 2.76. The first-order valence-electron chi connectivity index (χ1n) is 6.29. The monoisotopic (exact) mass is 274 g/mol. The van der Waals surface area contributed by atoms with Gasteiger partial charge in [0.15, 0.2) is 0 Å². The van der Waals surface area contributed by atoms with Crippen molar-refractivity contribution < 1.29 is 4.79 Å². The molecule has 1 aromatic heterocycles. The standard InChI is InChI=1S/C13H18N6O/c1-9(15-7-12-8-16-18-19(12)2)10-3-5-11(6-4-10)17-13(14)20/h3-6,8-9,15H,7H2,1-2H3,(H3,14,17,20). The van der Waals surface area contributed by atoms with Gasteiger partial charge in [0.05, 0.1) is 11.9 Å². The molecule has 0 radical (unpaired) electrons. The van der Waals surface area contributed by atoms with Crippen molar-refractivity contribution >= 4 is 11.7 Å². The van der Waals surface area contributed by atoms with Crippen LogP contribution in [-0.4, -0.2) is 21.0 Å². The van der Waals surface area contributed by atoms with E-state index in [1.54, 1.807) is 10.9 Å². The van der Waals surface area contributed by atoms with Crippen LogP contribution >= 0.6 is 0 Å². The van der Waals surface area contributed by atoms with E-state index in [0.717, 1.165) is 11.3 Å². The minimum atomic E-state index is -0.562. The third kappa shape index (κ3) is 3.55. The quantitative estimate of drug-likeness (QED) is 0.762. The van der Waals surface area contributed by atoms with Crippen molar-refractivity contribution in [2.75, 3.05) is 5.32 Å². The minimum Gasteiger partial charge on any atom is -0.351 e. The van der Waals surface area contributed by atoms with Gasteiger partial charge in [-0.15, -0.1) is 5.10 Å². The van der Waals surface area contributed by atoms with Crippen molar-refractivity contribution in [3.8, 4) is 0 Å². The van der Waals surface area contributed by atoms with Gasteiger partial charge in [0, 0.05) is 25.3 Å². The number of hydrogen-bond donors (Lipinski definition) is 3. The molecule has 2 amide bonds. The summed E-state index contributed by atoms with van der Waals surface area (Å²) in [7, 11) is 1.86. The third-order valence-corrected chi connectivity index (χ3v) is 3.08. The molecular weight excluding hydrogens is 256 g/mol. The Balaban J connectivity index is 1.93. The van der Waals surface area contributed by atoms with Gasteiger partial charge in [-0.25, -0.2) is 4.79 Å². The molecule has 0 bridgehead atoms. The Kier molecular flexibility index (Phi) is 4.31. The maximum absolute atomic E-state index is 10.7. The Labute approximate surface area is 117 Å². The van der Waals surface area contributed by atoms with Gasteiger partial charge in [0.1, 0.15) is 0 Å². The number of nitrogens with zero attached hydrogens (tertiary/aromatic N) is 3. The van der Waals surface area contributed by atoms with Gasteiger partial charge in [-0.1, -0.05) is 17.3 Å². The largest absolute Gasteiger partial charge is 0.351 e. The lowest BCUT2D eigenvalue weighted by atomic mass is 10.1. The van der Waals surface area contributed by atoms with Gasteiger partial charge in [0.25, 0.3) is 0 Å². The van der Waals surface area contributed by atoms with Crippen molar-refractivity contribution in [3.05, 3.63) is 41.7 Å². The van der Waals surface area contributed by atoms with Crippen LogP contribution in [0, 0.1) is 0 Å². The van der Waals surface area contributed by atoms with Crippen LogP contribution < -0.4 is 16.4 Å². The summed E-state index contributed by atoms with van der Waals surface area (Å²) in [4.78, 5) is 10.7. The molecule has 1 unspecified atom stereocenters. The fourth-order valence-corrected chi connectivity index (χ4v) is 1.84. The van der Waals surface area contributed by atoms with Crippen molar-refractivity contribution in [1.82, 2.24) is 20.3 Å². The number of nitrogens with two attached hydrogens (primary N) is 1. The van der Waals surface area contributed by atoms with E-state index in [-0.39, 0.29) is 6.04 Å². The van der Waals surface area contributed by atoms with Crippen molar-refractivity contribution in [2.24, 2.45) is 12.8 Å². The van der Waals surface area contributed by atoms with Gasteiger partial charge in [0.2, 0.25) is 0 Å². The predicted octanol–water partition coefficient (Wildman–Crippen LogP) is 1.16. The molecule has 0 aliphatic rings. The number of anilines is 1. The molecule has 0 saturated carbocycles. The lowest BCUT2D eigenvalue weighted by Gasteiger charge is -2.14. The van der Waals surface area contributed by atoms with Crippen LogP contribution in [0.2, 0.25) is 0 Å². The highest BCUT2D eigenvalue weighted by atomic mass is 16.2. The summed E-state index contributed by atoms with van der Waals surface area (Å²) in [5, 5.41) is 13.6. The number of carbonyl (C=O) groups is 1. The smallest absolute Gasteiger partial charge is 0.316 e. The average Bonchev–Trinajstić information content (AvgIpc) is 2.82. The topological polar surface area (TPSA) is 97.9 Å². The molecule has 7 heteroatoms. The highest BCUT2D eigenvalue weighted by Gasteiger charge is 2.07. The van der Waals surface area contributed by atoms with Crippen LogP contribution in [0.5, 0.6) is 0 Å². The van der Waals surface area contributed by atoms with Gasteiger partial charge in [-0.05, 0) is 24.6 Å². The minimum absolute atomic E-state index is 0.174. The molecule has 0 aliphatic heterocycles. The highest BCUT2D eigenvalue weighted by Crippen LogP contribution is 2.16. The molecular formula is C13H18N6O. The van der Waals surface area contributed by atoms with Crippen LogP contribution in [0.15, 0.2) is 30.5 Å². The number of hydrogen-bond acceptors (Lipinski definition) is 4. The number of primary amides is 1. The second kappa shape index (κ2) is 6.16. The molecule has 1 heterocycles. The first-order valence-corrected chi connectivity index (χ1v) is 6.29. The van der Waals surface area contributed by atoms with E-state index in [1.165, 1.54) is 0 Å². The molecule has 20 heavy (non-hydrogen) atoms. The van der Waals surface area contributed by atoms with E-state index in [4.69, 9.17) is 5.73 Å². The van der Waals surface area contributed by atoms with E-state index < -0.39 is 6.03 Å². The molecule has 0 saturated heterocycles. The summed E-state index contributed by atoms with van der Waals surface area (Å²) >= 11 is 0. The van der Waals surface area contributed by atoms with E-state index in [1.807, 2.05) is 31.3 Å². The number of aryl methyl sites for hydroxylation is 1. The third-order valence-electron chi connectivity index (χ3n) is 3.08. The maximum Gasteiger partial charge on any atom is 0.316 e. The highest BCUT2D eigenvalue weighted by molar-refractivity contribution is 5.87. The molecule has 2 rings (SSSR count). The van der Waals surface area contributed by atoms with Crippen molar-refractivity contribution in [2.45, 2.75) is 19.5 Å². The second-order valence-corrected chi connectivity index (χ2v) is 4.56. The van der Waals surface area contributed by atoms with Crippen molar-refractivity contribution in [3.63, 3.8) is 0 Å². The molecule has 0 fully saturated rings. The van der Waals surface area contributed by atoms with E-state index in [2.05, 4.69) is 27.9 Å². The first-order chi connectivity index (χ1) is 9.56. The Morgan fingerprint density at radius 3 is 2.65 bits per heavy atom. The number of nitrogens with one attached hydrogen (secondary N) is 2. The normalized spacial score (nSPS) is 12.1. The Morgan fingerprint density at radius 1 is 1.40 bits per heavy atom. The number of amides is 2. The fourth-order valence-electron chi connectivity index (χ4n) is 1.84. The number of urea groups is 1. The van der Waals surface area contributed by atoms with Gasteiger partial charge >= 0.3 is 6.03 Å². The molecule has 1 aromatic carbocycles. The van der Waals surface area contributed by atoms with Gasteiger partial charge in [-0.3, -0.25) is 4.68 Å². The fraction of sp³-hybridized carbons (Fsp3) is 0.308. The summed E-state index contributed by atoms with van der Waals surface area (Å²) in [6, 6.07) is 7.16. The van der Waals surface area contributed by atoms with E-state index in [0.29, 0.717) is 12.2 Å². The number of benzene rings is 1. The molecule has 0 aliphatic carbocycles. The average molecular weight is 274 g/mol. The Bertz CT molecular complexity index is 577. The zero-order chi connectivity index (χ0) is 14.5. The molecule has 0 spiro atoms. The van der Waals surface area contributed by atoms with Crippen LogP contribution in [-0.2, 0) is 13.6 Å². The number of aromatic nitrogens is 3. The van der Waals surface area contributed by atoms with Gasteiger partial charge < -0.3 is 16.4 Å². The number of rotatable bonds is 5. The lowest BCUT2D eigenvalue weighted by molar-refractivity contribution is 0.259. The summed E-state index contributed by atoms with van der Waals surface area (Å²) in [5.41, 5.74) is 7.88.